The molecular formula is C20H19Cl3N2O3. The number of carbonyl (C=O) groups excluding carboxylic acids is 2. The Morgan fingerprint density at radius 3 is 2.18 bits per heavy atom. The number of nitrogens with zero attached hydrogens (tertiary/aromatic N) is 1. The number of carbonyl (C=O) groups is 2. The van der Waals surface area contributed by atoms with Gasteiger partial charge in [0, 0.05) is 23.7 Å². The molecule has 1 N–H and O–H groups in total. The Hall–Kier alpha value is -1.95. The molecule has 3 rings (SSSR count). The average Bonchev–Trinajstić information content (AvgIpc) is 2.69. The highest BCUT2D eigenvalue weighted by molar-refractivity contribution is 6.42. The van der Waals surface area contributed by atoms with Crippen LogP contribution in [0.4, 0.5) is 5.69 Å². The van der Waals surface area contributed by atoms with Gasteiger partial charge in [-0.25, -0.2) is 0 Å². The molecule has 0 saturated carbocycles. The van der Waals surface area contributed by atoms with Crippen molar-refractivity contribution in [3.8, 4) is 5.75 Å². The SMILES string of the molecule is O=C(Nc1c(Cl)cc(Cl)cc1Cl)c1ccc(OCC(=O)N2CCCCC2)cc1. The third-order valence-corrected chi connectivity index (χ3v) is 5.25. The maximum Gasteiger partial charge on any atom is 0.260 e. The minimum absolute atomic E-state index is 0.0124. The number of piperidine rings is 1. The number of amides is 2. The highest BCUT2D eigenvalue weighted by Gasteiger charge is 2.17. The molecule has 148 valence electrons. The fourth-order valence-electron chi connectivity index (χ4n) is 2.93. The van der Waals surface area contributed by atoms with Gasteiger partial charge < -0.3 is 15.0 Å². The molecule has 0 aliphatic carbocycles. The third kappa shape index (κ3) is 5.31. The molecule has 1 fully saturated rings. The molecular weight excluding hydrogens is 423 g/mol. The first-order valence-electron chi connectivity index (χ1n) is 8.90. The van der Waals surface area contributed by atoms with Gasteiger partial charge in [-0.2, -0.15) is 0 Å². The summed E-state index contributed by atoms with van der Waals surface area (Å²) in [5, 5.41) is 3.56. The van der Waals surface area contributed by atoms with Crippen molar-refractivity contribution in [2.45, 2.75) is 19.3 Å². The summed E-state index contributed by atoms with van der Waals surface area (Å²) >= 11 is 18.0. The summed E-state index contributed by atoms with van der Waals surface area (Å²) in [5.41, 5.74) is 0.696. The second-order valence-electron chi connectivity index (χ2n) is 6.45. The Morgan fingerprint density at radius 2 is 1.57 bits per heavy atom. The fraction of sp³-hybridized carbons (Fsp3) is 0.300. The van der Waals surface area contributed by atoms with Gasteiger partial charge in [0.05, 0.1) is 15.7 Å². The first kappa shape index (κ1) is 20.8. The molecule has 1 aliphatic heterocycles. The summed E-state index contributed by atoms with van der Waals surface area (Å²) in [5.74, 6) is 0.125. The highest BCUT2D eigenvalue weighted by Crippen LogP contribution is 2.34. The van der Waals surface area contributed by atoms with Crippen LogP contribution >= 0.6 is 34.8 Å². The number of benzene rings is 2. The van der Waals surface area contributed by atoms with Gasteiger partial charge in [-0.05, 0) is 55.7 Å². The second-order valence-corrected chi connectivity index (χ2v) is 7.70. The molecule has 0 spiro atoms. The lowest BCUT2D eigenvalue weighted by Crippen LogP contribution is -2.38. The van der Waals surface area contributed by atoms with E-state index >= 15 is 0 Å². The van der Waals surface area contributed by atoms with Crippen molar-refractivity contribution in [2.75, 3.05) is 25.0 Å². The Kier molecular flexibility index (Phi) is 7.05. The predicted molar refractivity (Wildman–Crippen MR) is 112 cm³/mol. The van der Waals surface area contributed by atoms with E-state index in [9.17, 15) is 9.59 Å². The predicted octanol–water partition coefficient (Wildman–Crippen LogP) is 5.29. The molecule has 28 heavy (non-hydrogen) atoms. The van der Waals surface area contributed by atoms with Crippen LogP contribution in [0.5, 0.6) is 5.75 Å². The van der Waals surface area contributed by atoms with E-state index in [1.54, 1.807) is 24.3 Å². The number of halogens is 3. The number of nitrogens with one attached hydrogen (secondary N) is 1. The normalized spacial score (nSPS) is 13.9. The number of hydrogen-bond donors (Lipinski definition) is 1. The molecule has 2 amide bonds. The van der Waals surface area contributed by atoms with Crippen LogP contribution in [0.3, 0.4) is 0 Å². The summed E-state index contributed by atoms with van der Waals surface area (Å²) in [4.78, 5) is 26.4. The molecule has 2 aromatic rings. The van der Waals surface area contributed by atoms with E-state index in [4.69, 9.17) is 39.5 Å². The molecule has 0 unspecified atom stereocenters. The van der Waals surface area contributed by atoms with Crippen LogP contribution in [0, 0.1) is 0 Å². The van der Waals surface area contributed by atoms with Crippen LogP contribution < -0.4 is 10.1 Å². The zero-order chi connectivity index (χ0) is 20.1. The van der Waals surface area contributed by atoms with Gasteiger partial charge in [0.1, 0.15) is 5.75 Å². The van der Waals surface area contributed by atoms with Gasteiger partial charge in [-0.15, -0.1) is 0 Å². The third-order valence-electron chi connectivity index (χ3n) is 4.43. The van der Waals surface area contributed by atoms with E-state index in [1.165, 1.54) is 18.6 Å². The molecule has 0 bridgehead atoms. The molecule has 0 radical (unpaired) electrons. The van der Waals surface area contributed by atoms with Crippen molar-refractivity contribution in [3.63, 3.8) is 0 Å². The quantitative estimate of drug-likeness (QED) is 0.686. The number of likely N-dealkylation sites (tertiary alicyclic amines) is 1. The van der Waals surface area contributed by atoms with Crippen molar-refractivity contribution in [1.82, 2.24) is 4.90 Å². The van der Waals surface area contributed by atoms with Gasteiger partial charge in [-0.1, -0.05) is 34.8 Å². The molecule has 0 atom stereocenters. The minimum Gasteiger partial charge on any atom is -0.484 e. The summed E-state index contributed by atoms with van der Waals surface area (Å²) in [7, 11) is 0. The number of hydrogen-bond acceptors (Lipinski definition) is 3. The Morgan fingerprint density at radius 1 is 0.964 bits per heavy atom. The lowest BCUT2D eigenvalue weighted by Gasteiger charge is -2.26. The van der Waals surface area contributed by atoms with E-state index in [1.807, 2.05) is 4.90 Å². The van der Waals surface area contributed by atoms with E-state index in [0.29, 0.717) is 22.0 Å². The van der Waals surface area contributed by atoms with Gasteiger partial charge in [0.25, 0.3) is 11.8 Å². The monoisotopic (exact) mass is 440 g/mol. The molecule has 0 aromatic heterocycles. The van der Waals surface area contributed by atoms with Crippen molar-refractivity contribution in [2.24, 2.45) is 0 Å². The van der Waals surface area contributed by atoms with Crippen LogP contribution in [0.2, 0.25) is 15.1 Å². The van der Waals surface area contributed by atoms with Crippen LogP contribution in [0.25, 0.3) is 0 Å². The lowest BCUT2D eigenvalue weighted by atomic mass is 10.1. The van der Waals surface area contributed by atoms with Crippen molar-refractivity contribution < 1.29 is 14.3 Å². The maximum atomic E-state index is 12.4. The van der Waals surface area contributed by atoms with Gasteiger partial charge in [-0.3, -0.25) is 9.59 Å². The first-order valence-corrected chi connectivity index (χ1v) is 10.0. The van der Waals surface area contributed by atoms with Crippen molar-refractivity contribution >= 4 is 52.3 Å². The first-order chi connectivity index (χ1) is 13.4. The van der Waals surface area contributed by atoms with E-state index in [2.05, 4.69) is 5.32 Å². The standard InChI is InChI=1S/C20H19Cl3N2O3/c21-14-10-16(22)19(17(23)11-14)24-20(27)13-4-6-15(7-5-13)28-12-18(26)25-8-2-1-3-9-25/h4-7,10-11H,1-3,8-9,12H2,(H,24,27). The Labute approximate surface area is 178 Å². The molecule has 1 heterocycles. The molecule has 8 heteroatoms. The zero-order valence-corrected chi connectivity index (χ0v) is 17.3. The maximum absolute atomic E-state index is 12.4. The minimum atomic E-state index is -0.373. The van der Waals surface area contributed by atoms with Gasteiger partial charge in [0.15, 0.2) is 6.61 Å². The van der Waals surface area contributed by atoms with Gasteiger partial charge >= 0.3 is 0 Å². The Balaban J connectivity index is 1.58. The zero-order valence-electron chi connectivity index (χ0n) is 15.0. The van der Waals surface area contributed by atoms with Crippen molar-refractivity contribution in [3.05, 3.63) is 57.0 Å². The second kappa shape index (κ2) is 9.50. The largest absolute Gasteiger partial charge is 0.484 e. The van der Waals surface area contributed by atoms with Crippen LogP contribution in [0.15, 0.2) is 36.4 Å². The van der Waals surface area contributed by atoms with Crippen molar-refractivity contribution in [1.29, 1.82) is 0 Å². The lowest BCUT2D eigenvalue weighted by molar-refractivity contribution is -0.134. The van der Waals surface area contributed by atoms with Crippen LogP contribution in [0.1, 0.15) is 29.6 Å². The summed E-state index contributed by atoms with van der Waals surface area (Å²) in [6, 6.07) is 9.50. The topological polar surface area (TPSA) is 58.6 Å². The number of ether oxygens (including phenoxy) is 1. The molecule has 2 aromatic carbocycles. The average molecular weight is 442 g/mol. The molecule has 5 nitrogen and oxygen atoms in total. The van der Waals surface area contributed by atoms with E-state index in [0.717, 1.165) is 25.9 Å². The molecule has 1 aliphatic rings. The van der Waals surface area contributed by atoms with E-state index in [-0.39, 0.29) is 28.5 Å². The number of anilines is 1. The van der Waals surface area contributed by atoms with E-state index < -0.39 is 0 Å². The highest BCUT2D eigenvalue weighted by atomic mass is 35.5. The van der Waals surface area contributed by atoms with Crippen LogP contribution in [-0.4, -0.2) is 36.4 Å². The summed E-state index contributed by atoms with van der Waals surface area (Å²) in [6.07, 6.45) is 3.25. The van der Waals surface area contributed by atoms with Gasteiger partial charge in [0.2, 0.25) is 0 Å². The number of rotatable bonds is 5. The summed E-state index contributed by atoms with van der Waals surface area (Å²) < 4.78 is 5.55. The Bertz CT molecular complexity index is 842. The fourth-order valence-corrected chi connectivity index (χ4v) is 3.84. The smallest absolute Gasteiger partial charge is 0.260 e. The van der Waals surface area contributed by atoms with Crippen LogP contribution in [-0.2, 0) is 4.79 Å². The summed E-state index contributed by atoms with van der Waals surface area (Å²) in [6.45, 7) is 1.57. The molecule has 1 saturated heterocycles.